The van der Waals surface area contributed by atoms with Gasteiger partial charge >= 0.3 is 18.5 Å². The number of benzene rings is 1. The lowest BCUT2D eigenvalue weighted by Gasteiger charge is -2.19. The van der Waals surface area contributed by atoms with E-state index in [1.807, 2.05) is 12.5 Å². The largest absolute Gasteiger partial charge is 0.416 e. The van der Waals surface area contributed by atoms with Gasteiger partial charge in [0.15, 0.2) is 0 Å². The minimum atomic E-state index is -5.43. The minimum Gasteiger partial charge on any atom is -0.169 e. The fraction of sp³-hybridized carbons (Fsp3) is 0.455. The highest BCUT2D eigenvalue weighted by atomic mass is 32.2. The van der Waals surface area contributed by atoms with E-state index in [-0.39, 0.29) is 0 Å². The first kappa shape index (κ1) is 21.0. The van der Waals surface area contributed by atoms with Gasteiger partial charge in [-0.15, -0.1) is 0 Å². The van der Waals surface area contributed by atoms with Crippen molar-refractivity contribution in [2.24, 2.45) is 0 Å². The Hall–Kier alpha value is -0.995. The average Bonchev–Trinajstić information content (AvgIpc) is 2.25. The first-order valence-corrected chi connectivity index (χ1v) is 6.84. The van der Waals surface area contributed by atoms with Crippen LogP contribution in [0.15, 0.2) is 12.1 Å². The second-order valence-electron chi connectivity index (χ2n) is 3.89. The van der Waals surface area contributed by atoms with Crippen molar-refractivity contribution in [2.75, 3.05) is 12.5 Å². The molecule has 0 aromatic heterocycles. The molecule has 0 heterocycles. The lowest BCUT2D eigenvalue weighted by atomic mass is 9.83. The summed E-state index contributed by atoms with van der Waals surface area (Å²) in [6.45, 7) is 0. The van der Waals surface area contributed by atoms with Crippen LogP contribution in [0.5, 0.6) is 0 Å². The highest BCUT2D eigenvalue weighted by Gasteiger charge is 2.43. The fourth-order valence-electron chi connectivity index (χ4n) is 1.29. The molecule has 0 N–H and O–H groups in total. The molecule has 0 spiro atoms. The fourth-order valence-corrected chi connectivity index (χ4v) is 1.29. The molecule has 0 nitrogen and oxygen atoms in total. The maximum absolute atomic E-state index is 12.4. The van der Waals surface area contributed by atoms with E-state index in [0.29, 0.717) is 0 Å². The van der Waals surface area contributed by atoms with Crippen molar-refractivity contribution >= 4 is 25.1 Å². The van der Waals surface area contributed by atoms with E-state index in [2.05, 4.69) is 7.85 Å². The van der Waals surface area contributed by atoms with Gasteiger partial charge in [-0.2, -0.15) is 51.3 Å². The first-order chi connectivity index (χ1) is 9.66. The molecule has 0 saturated carbocycles. The molecule has 0 amide bonds. The summed E-state index contributed by atoms with van der Waals surface area (Å²) in [5.41, 5.74) is -8.20. The number of alkyl halides is 9. The number of hydrogen-bond acceptors (Lipinski definition) is 1. The molecule has 0 aliphatic heterocycles. The summed E-state index contributed by atoms with van der Waals surface area (Å²) in [6.07, 6.45) is -12.1. The molecule has 0 fully saturated rings. The molecule has 0 unspecified atom stereocenters. The van der Waals surface area contributed by atoms with E-state index in [0.717, 1.165) is 0 Å². The molecular formula is C11H8BF9S. The number of thioether (sulfide) groups is 1. The molecule has 0 bridgehead atoms. The molecule has 124 valence electrons. The van der Waals surface area contributed by atoms with Crippen molar-refractivity contribution in [1.82, 2.24) is 0 Å². The van der Waals surface area contributed by atoms with Crippen molar-refractivity contribution in [3.8, 4) is 0 Å². The molecule has 11 heteroatoms. The zero-order valence-electron chi connectivity index (χ0n) is 11.0. The summed E-state index contributed by atoms with van der Waals surface area (Å²) in [5, 5.41) is 0. The first-order valence-electron chi connectivity index (χ1n) is 5.21. The summed E-state index contributed by atoms with van der Waals surface area (Å²) in [6, 6.07) is -0.908. The van der Waals surface area contributed by atoms with Gasteiger partial charge in [0.25, 0.3) is 0 Å². The third kappa shape index (κ3) is 5.66. The predicted octanol–water partition coefficient (Wildman–Crippen LogP) is 4.52. The highest BCUT2D eigenvalue weighted by Crippen LogP contribution is 2.38. The Labute approximate surface area is 125 Å². The summed E-state index contributed by atoms with van der Waals surface area (Å²) < 4.78 is 111. The van der Waals surface area contributed by atoms with Crippen LogP contribution in [0.4, 0.5) is 39.5 Å². The van der Waals surface area contributed by atoms with Crippen molar-refractivity contribution < 1.29 is 39.5 Å². The van der Waals surface area contributed by atoms with E-state index >= 15 is 0 Å². The minimum absolute atomic E-state index is 0.454. The van der Waals surface area contributed by atoms with Crippen LogP contribution in [-0.4, -0.2) is 20.4 Å². The van der Waals surface area contributed by atoms with E-state index in [1.54, 1.807) is 11.8 Å². The molecule has 1 rings (SSSR count). The summed E-state index contributed by atoms with van der Waals surface area (Å²) in [5.74, 6) is 0. The Morgan fingerprint density at radius 2 is 1.00 bits per heavy atom. The average molecular weight is 354 g/mol. The smallest absolute Gasteiger partial charge is 0.169 e. The van der Waals surface area contributed by atoms with E-state index in [1.165, 1.54) is 0 Å². The maximum Gasteiger partial charge on any atom is 0.416 e. The summed E-state index contributed by atoms with van der Waals surface area (Å²) in [7, 11) is 4.66. The summed E-state index contributed by atoms with van der Waals surface area (Å²) in [4.78, 5) is 0. The normalized spacial score (nSPS) is 12.7. The van der Waals surface area contributed by atoms with Crippen LogP contribution >= 0.6 is 11.8 Å². The molecule has 0 atom stereocenters. The number of rotatable bonds is 0. The van der Waals surface area contributed by atoms with Gasteiger partial charge in [0.05, 0.1) is 5.56 Å². The van der Waals surface area contributed by atoms with E-state index in [9.17, 15) is 39.5 Å². The maximum atomic E-state index is 12.4. The zero-order chi connectivity index (χ0) is 17.9. The molecule has 0 aliphatic rings. The van der Waals surface area contributed by atoms with Crippen molar-refractivity contribution in [3.63, 3.8) is 0 Å². The van der Waals surface area contributed by atoms with Gasteiger partial charge in [-0.3, -0.25) is 0 Å². The van der Waals surface area contributed by atoms with Gasteiger partial charge in [-0.25, -0.2) is 0 Å². The Bertz CT molecular complexity index is 467. The third-order valence-electron chi connectivity index (χ3n) is 2.12. The van der Waals surface area contributed by atoms with Crippen LogP contribution in [0.3, 0.4) is 0 Å². The van der Waals surface area contributed by atoms with Crippen LogP contribution in [0.1, 0.15) is 16.7 Å². The Morgan fingerprint density at radius 1 is 0.727 bits per heavy atom. The lowest BCUT2D eigenvalue weighted by molar-refractivity contribution is -0.147. The molecule has 0 saturated heterocycles. The second-order valence-corrected chi connectivity index (χ2v) is 4.70. The standard InChI is InChI=1S/C9H2BF9.C2H6S/c10-6-4(8(14,15)16)1-3(7(11,12)13)2-5(6)9(17,18)19;1-3-2/h1-2H;1-2H3. The monoisotopic (exact) mass is 354 g/mol. The van der Waals surface area contributed by atoms with Crippen molar-refractivity contribution in [3.05, 3.63) is 28.8 Å². The van der Waals surface area contributed by atoms with Gasteiger partial charge in [0.1, 0.15) is 7.85 Å². The van der Waals surface area contributed by atoms with Gasteiger partial charge in [-0.1, -0.05) is 5.46 Å². The van der Waals surface area contributed by atoms with E-state index in [4.69, 9.17) is 0 Å². The van der Waals surface area contributed by atoms with Crippen LogP contribution in [0.25, 0.3) is 0 Å². The van der Waals surface area contributed by atoms with Crippen LogP contribution in [0.2, 0.25) is 0 Å². The number of halogens is 9. The topological polar surface area (TPSA) is 0 Å². The van der Waals surface area contributed by atoms with Gasteiger partial charge in [-0.05, 0) is 24.6 Å². The Kier molecular flexibility index (Phi) is 6.73. The molecule has 1 aromatic carbocycles. The van der Waals surface area contributed by atoms with Crippen LogP contribution < -0.4 is 5.46 Å². The second kappa shape index (κ2) is 7.05. The van der Waals surface area contributed by atoms with Gasteiger partial charge in [0.2, 0.25) is 0 Å². The van der Waals surface area contributed by atoms with E-state index < -0.39 is 52.8 Å². The predicted molar refractivity (Wildman–Crippen MR) is 66.3 cm³/mol. The highest BCUT2D eigenvalue weighted by molar-refractivity contribution is 7.97. The summed E-state index contributed by atoms with van der Waals surface area (Å²) >= 11 is 1.75. The molecular weight excluding hydrogens is 346 g/mol. The third-order valence-corrected chi connectivity index (χ3v) is 2.12. The quantitative estimate of drug-likeness (QED) is 0.488. The Morgan fingerprint density at radius 3 is 1.18 bits per heavy atom. The van der Waals surface area contributed by atoms with Gasteiger partial charge in [0, 0.05) is 11.1 Å². The van der Waals surface area contributed by atoms with Crippen LogP contribution in [-0.2, 0) is 18.5 Å². The zero-order valence-corrected chi connectivity index (χ0v) is 11.9. The molecule has 0 aliphatic carbocycles. The van der Waals surface area contributed by atoms with Gasteiger partial charge < -0.3 is 0 Å². The SMILES string of the molecule is CSC.[B]c1c(C(F)(F)F)cc(C(F)(F)F)cc1C(F)(F)F. The van der Waals surface area contributed by atoms with Crippen molar-refractivity contribution in [1.29, 1.82) is 0 Å². The van der Waals surface area contributed by atoms with Crippen LogP contribution in [0, 0.1) is 0 Å². The molecule has 1 aromatic rings. The lowest BCUT2D eigenvalue weighted by Crippen LogP contribution is -2.29. The molecule has 2 radical (unpaired) electrons. The Balaban J connectivity index is 0.00000135. The van der Waals surface area contributed by atoms with Crippen molar-refractivity contribution in [2.45, 2.75) is 18.5 Å². The molecule has 22 heavy (non-hydrogen) atoms. The number of hydrogen-bond donors (Lipinski definition) is 0.